The molecule has 3 N–H and O–H groups in total. The van der Waals surface area contributed by atoms with Crippen LogP contribution in [-0.2, 0) is 21.9 Å². The molecule has 9 heteroatoms. The van der Waals surface area contributed by atoms with Crippen LogP contribution < -0.4 is 11.1 Å². The molecular weight excluding hydrogens is 294 g/mol. The van der Waals surface area contributed by atoms with Gasteiger partial charge in [-0.1, -0.05) is 0 Å². The first kappa shape index (κ1) is 15.8. The van der Waals surface area contributed by atoms with E-state index in [1.807, 2.05) is 0 Å². The molecular formula is C12H21N5O3S. The lowest BCUT2D eigenvalue weighted by Gasteiger charge is -2.30. The van der Waals surface area contributed by atoms with Gasteiger partial charge in [-0.05, 0) is 19.8 Å². The molecule has 2 rings (SSSR count). The zero-order chi connectivity index (χ0) is 15.8. The summed E-state index contributed by atoms with van der Waals surface area (Å²) in [5, 5.41) is 6.55. The Morgan fingerprint density at radius 1 is 1.38 bits per heavy atom. The van der Waals surface area contributed by atoms with Crippen LogP contribution in [0.25, 0.3) is 0 Å². The quantitative estimate of drug-likeness (QED) is 0.778. The molecule has 1 amide bonds. The molecule has 1 aliphatic rings. The molecule has 1 saturated heterocycles. The van der Waals surface area contributed by atoms with Crippen molar-refractivity contribution < 1.29 is 13.2 Å². The Hall–Kier alpha value is -1.61. The van der Waals surface area contributed by atoms with E-state index in [1.54, 1.807) is 21.0 Å². The van der Waals surface area contributed by atoms with E-state index in [9.17, 15) is 13.2 Å². The van der Waals surface area contributed by atoms with Crippen molar-refractivity contribution in [3.8, 4) is 0 Å². The first-order valence-electron chi connectivity index (χ1n) is 6.79. The molecule has 0 aromatic carbocycles. The first-order chi connectivity index (χ1) is 9.78. The molecule has 0 aliphatic carbocycles. The predicted octanol–water partition coefficient (Wildman–Crippen LogP) is -0.543. The van der Waals surface area contributed by atoms with Gasteiger partial charge in [-0.15, -0.1) is 0 Å². The van der Waals surface area contributed by atoms with E-state index in [0.29, 0.717) is 31.6 Å². The van der Waals surface area contributed by atoms with E-state index >= 15 is 0 Å². The van der Waals surface area contributed by atoms with Gasteiger partial charge in [0.05, 0.1) is 5.69 Å². The average Bonchev–Trinajstić information content (AvgIpc) is 2.71. The second kappa shape index (κ2) is 5.64. The molecule has 0 atom stereocenters. The monoisotopic (exact) mass is 315 g/mol. The van der Waals surface area contributed by atoms with Gasteiger partial charge in [0, 0.05) is 33.1 Å². The number of anilines is 1. The van der Waals surface area contributed by atoms with Gasteiger partial charge < -0.3 is 11.1 Å². The molecule has 0 unspecified atom stereocenters. The van der Waals surface area contributed by atoms with Crippen molar-refractivity contribution in [2.24, 2.45) is 13.0 Å². The van der Waals surface area contributed by atoms with Crippen molar-refractivity contribution in [2.75, 3.05) is 25.9 Å². The smallest absolute Gasteiger partial charge is 0.248 e. The molecule has 21 heavy (non-hydrogen) atoms. The Labute approximate surface area is 124 Å². The number of carbonyl (C=O) groups is 1. The van der Waals surface area contributed by atoms with Crippen LogP contribution >= 0.6 is 0 Å². The molecule has 8 nitrogen and oxygen atoms in total. The highest BCUT2D eigenvalue weighted by Gasteiger charge is 2.35. The van der Waals surface area contributed by atoms with Crippen molar-refractivity contribution in [3.63, 3.8) is 0 Å². The van der Waals surface area contributed by atoms with Gasteiger partial charge in [0.1, 0.15) is 4.90 Å². The summed E-state index contributed by atoms with van der Waals surface area (Å²) in [5.74, 6) is -0.152. The van der Waals surface area contributed by atoms with Gasteiger partial charge in [-0.2, -0.15) is 9.40 Å². The van der Waals surface area contributed by atoms with Crippen LogP contribution in [0.2, 0.25) is 0 Å². The number of piperidine rings is 1. The third kappa shape index (κ3) is 2.75. The van der Waals surface area contributed by atoms with E-state index in [-0.39, 0.29) is 22.5 Å². The zero-order valence-electron chi connectivity index (χ0n) is 12.5. The van der Waals surface area contributed by atoms with Crippen molar-refractivity contribution in [3.05, 3.63) is 5.69 Å². The third-order valence-corrected chi connectivity index (χ3v) is 6.04. The Balaban J connectivity index is 2.21. The Morgan fingerprint density at radius 2 is 1.95 bits per heavy atom. The molecule has 118 valence electrons. The van der Waals surface area contributed by atoms with E-state index in [2.05, 4.69) is 10.4 Å². The van der Waals surface area contributed by atoms with Crippen molar-refractivity contribution in [1.29, 1.82) is 0 Å². The molecule has 0 spiro atoms. The third-order valence-electron chi connectivity index (χ3n) is 3.97. The molecule has 0 bridgehead atoms. The number of hydrogen-bond donors (Lipinski definition) is 2. The fourth-order valence-electron chi connectivity index (χ4n) is 2.62. The van der Waals surface area contributed by atoms with Gasteiger partial charge in [0.25, 0.3) is 0 Å². The number of amides is 1. The summed E-state index contributed by atoms with van der Waals surface area (Å²) in [6.45, 7) is 2.30. The minimum Gasteiger partial charge on any atom is -0.381 e. The average molecular weight is 315 g/mol. The maximum atomic E-state index is 12.7. The molecule has 0 radical (unpaired) electrons. The fourth-order valence-corrected chi connectivity index (χ4v) is 4.38. The fraction of sp³-hybridized carbons (Fsp3) is 0.667. The minimum absolute atomic E-state index is 0.0171. The number of nitrogen functional groups attached to an aromatic ring is 1. The maximum absolute atomic E-state index is 12.7. The minimum atomic E-state index is -3.67. The maximum Gasteiger partial charge on any atom is 0.248 e. The van der Waals surface area contributed by atoms with Crippen LogP contribution in [0.4, 0.5) is 5.82 Å². The van der Waals surface area contributed by atoms with Gasteiger partial charge in [-0.3, -0.25) is 9.48 Å². The second-order valence-corrected chi connectivity index (χ2v) is 7.09. The first-order valence-corrected chi connectivity index (χ1v) is 8.23. The van der Waals surface area contributed by atoms with Gasteiger partial charge >= 0.3 is 0 Å². The predicted molar refractivity (Wildman–Crippen MR) is 77.9 cm³/mol. The Kier molecular flexibility index (Phi) is 4.24. The molecule has 1 aliphatic heterocycles. The van der Waals surface area contributed by atoms with E-state index in [0.717, 1.165) is 0 Å². The standard InChI is InChI=1S/C12H21N5O3S/c1-8-10(11(13)15-16(8)3)21(19,20)17-6-4-9(5-7-17)12(18)14-2/h9H,4-7H2,1-3H3,(H2,13,15)(H,14,18). The van der Waals surface area contributed by atoms with E-state index < -0.39 is 10.0 Å². The number of nitrogens with one attached hydrogen (secondary N) is 1. The highest BCUT2D eigenvalue weighted by Crippen LogP contribution is 2.28. The summed E-state index contributed by atoms with van der Waals surface area (Å²) < 4.78 is 28.2. The van der Waals surface area contributed by atoms with Crippen molar-refractivity contribution >= 4 is 21.7 Å². The largest absolute Gasteiger partial charge is 0.381 e. The van der Waals surface area contributed by atoms with Gasteiger partial charge in [0.2, 0.25) is 15.9 Å². The van der Waals surface area contributed by atoms with Gasteiger partial charge in [-0.25, -0.2) is 8.42 Å². The van der Waals surface area contributed by atoms with Crippen LogP contribution in [-0.4, -0.2) is 48.5 Å². The summed E-state index contributed by atoms with van der Waals surface area (Å²) in [5.41, 5.74) is 6.24. The number of rotatable bonds is 3. The van der Waals surface area contributed by atoms with Crippen molar-refractivity contribution in [2.45, 2.75) is 24.7 Å². The summed E-state index contributed by atoms with van der Waals surface area (Å²) in [4.78, 5) is 11.7. The summed E-state index contributed by atoms with van der Waals surface area (Å²) in [7, 11) is -0.421. The lowest BCUT2D eigenvalue weighted by Crippen LogP contribution is -2.42. The lowest BCUT2D eigenvalue weighted by atomic mass is 9.97. The topological polar surface area (TPSA) is 110 Å². The van der Waals surface area contributed by atoms with Crippen LogP contribution in [0.3, 0.4) is 0 Å². The number of nitrogens with zero attached hydrogens (tertiary/aromatic N) is 3. The SMILES string of the molecule is CNC(=O)C1CCN(S(=O)(=O)c2c(N)nn(C)c2C)CC1. The highest BCUT2D eigenvalue weighted by atomic mass is 32.2. The highest BCUT2D eigenvalue weighted by molar-refractivity contribution is 7.89. The second-order valence-electron chi connectivity index (χ2n) is 5.22. The van der Waals surface area contributed by atoms with Crippen LogP contribution in [0.15, 0.2) is 4.90 Å². The number of aromatic nitrogens is 2. The zero-order valence-corrected chi connectivity index (χ0v) is 13.3. The normalized spacial score (nSPS) is 17.9. The summed E-state index contributed by atoms with van der Waals surface area (Å²) in [6, 6.07) is 0. The summed E-state index contributed by atoms with van der Waals surface area (Å²) in [6.07, 6.45) is 1.02. The number of nitrogens with two attached hydrogens (primary N) is 1. The lowest BCUT2D eigenvalue weighted by molar-refractivity contribution is -0.125. The molecule has 1 aromatic rings. The van der Waals surface area contributed by atoms with Crippen LogP contribution in [0.1, 0.15) is 18.5 Å². The number of carbonyl (C=O) groups excluding carboxylic acids is 1. The number of aryl methyl sites for hydroxylation is 1. The molecule has 2 heterocycles. The van der Waals surface area contributed by atoms with Crippen molar-refractivity contribution in [1.82, 2.24) is 19.4 Å². The van der Waals surface area contributed by atoms with Gasteiger partial charge in [0.15, 0.2) is 5.82 Å². The number of sulfonamides is 1. The van der Waals surface area contributed by atoms with E-state index in [1.165, 1.54) is 8.99 Å². The van der Waals surface area contributed by atoms with Crippen LogP contribution in [0.5, 0.6) is 0 Å². The van der Waals surface area contributed by atoms with Crippen LogP contribution in [0, 0.1) is 12.8 Å². The Bertz CT molecular complexity index is 644. The molecule has 0 saturated carbocycles. The summed E-state index contributed by atoms with van der Waals surface area (Å²) >= 11 is 0. The molecule has 1 aromatic heterocycles. The molecule has 1 fully saturated rings. The number of hydrogen-bond acceptors (Lipinski definition) is 5. The Morgan fingerprint density at radius 3 is 2.38 bits per heavy atom. The van der Waals surface area contributed by atoms with E-state index in [4.69, 9.17) is 5.73 Å².